The first-order valence-corrected chi connectivity index (χ1v) is 9.74. The van der Waals surface area contributed by atoms with Gasteiger partial charge in [0, 0.05) is 11.1 Å². The number of nitrogens with two attached hydrogens (primary N) is 2. The van der Waals surface area contributed by atoms with Gasteiger partial charge in [-0.3, -0.25) is 10.1 Å². The van der Waals surface area contributed by atoms with E-state index in [9.17, 15) is 18.5 Å². The van der Waals surface area contributed by atoms with Crippen LogP contribution in [0.4, 0.5) is 11.4 Å². The molecule has 2 aromatic rings. The van der Waals surface area contributed by atoms with Gasteiger partial charge in [-0.15, -0.1) is 0 Å². The summed E-state index contributed by atoms with van der Waals surface area (Å²) in [4.78, 5) is 10.3. The molecule has 0 spiro atoms. The molecule has 0 saturated heterocycles. The van der Waals surface area contributed by atoms with Crippen molar-refractivity contribution in [3.05, 3.63) is 33.2 Å². The molecule has 140 valence electrons. The zero-order valence-electron chi connectivity index (χ0n) is 14.5. The molecule has 0 atom stereocenters. The molecule has 0 aliphatic heterocycles. The van der Waals surface area contributed by atoms with Crippen molar-refractivity contribution in [1.82, 2.24) is 5.16 Å². The second-order valence-corrected chi connectivity index (χ2v) is 8.09. The van der Waals surface area contributed by atoms with Crippen LogP contribution in [0.15, 0.2) is 15.5 Å². The number of sulfonamides is 1. The quantitative estimate of drug-likeness (QED) is 0.469. The van der Waals surface area contributed by atoms with Gasteiger partial charge in [-0.2, -0.15) is 0 Å². The Labute approximate surface area is 150 Å². The van der Waals surface area contributed by atoms with Gasteiger partial charge in [0.2, 0.25) is 10.0 Å². The lowest BCUT2D eigenvalue weighted by molar-refractivity contribution is -0.386. The minimum Gasteiger partial charge on any atom is -0.393 e. The van der Waals surface area contributed by atoms with Gasteiger partial charge in [-0.1, -0.05) is 18.0 Å². The third-order valence-electron chi connectivity index (χ3n) is 4.89. The summed E-state index contributed by atoms with van der Waals surface area (Å²) < 4.78 is 29.6. The minimum atomic E-state index is -4.42. The van der Waals surface area contributed by atoms with Crippen molar-refractivity contribution in [1.29, 1.82) is 0 Å². The van der Waals surface area contributed by atoms with E-state index in [1.54, 1.807) is 19.9 Å². The number of nitro groups is 1. The summed E-state index contributed by atoms with van der Waals surface area (Å²) in [5, 5.41) is 20.9. The van der Waals surface area contributed by atoms with Crippen LogP contribution in [0.5, 0.6) is 0 Å². The van der Waals surface area contributed by atoms with E-state index < -0.39 is 25.5 Å². The van der Waals surface area contributed by atoms with Crippen molar-refractivity contribution in [3.63, 3.8) is 0 Å². The third kappa shape index (κ3) is 2.95. The maximum absolute atomic E-state index is 12.2. The van der Waals surface area contributed by atoms with Crippen molar-refractivity contribution in [2.45, 2.75) is 50.3 Å². The molecule has 4 N–H and O–H groups in total. The van der Waals surface area contributed by atoms with Crippen LogP contribution in [0.1, 0.15) is 48.6 Å². The molecule has 0 amide bonds. The number of nitro benzene ring substituents is 1. The van der Waals surface area contributed by atoms with E-state index in [4.69, 9.17) is 15.4 Å². The minimum absolute atomic E-state index is 0.0439. The summed E-state index contributed by atoms with van der Waals surface area (Å²) in [7, 11) is -4.42. The number of hydrogen-bond acceptors (Lipinski definition) is 7. The molecule has 26 heavy (non-hydrogen) atoms. The molecular weight excluding hydrogens is 360 g/mol. The van der Waals surface area contributed by atoms with E-state index >= 15 is 0 Å². The topological polar surface area (TPSA) is 155 Å². The average molecular weight is 380 g/mol. The molecule has 1 aromatic carbocycles. The van der Waals surface area contributed by atoms with E-state index in [-0.39, 0.29) is 17.2 Å². The van der Waals surface area contributed by atoms with E-state index in [2.05, 4.69) is 5.16 Å². The van der Waals surface area contributed by atoms with Gasteiger partial charge in [0.25, 0.3) is 0 Å². The van der Waals surface area contributed by atoms with Crippen LogP contribution in [0, 0.1) is 24.0 Å². The Hall–Kier alpha value is -2.46. The molecule has 0 radical (unpaired) electrons. The molecular formula is C16H20N4O5S. The summed E-state index contributed by atoms with van der Waals surface area (Å²) in [6, 6.07) is 1.60. The predicted octanol–water partition coefficient (Wildman–Crippen LogP) is 2.75. The summed E-state index contributed by atoms with van der Waals surface area (Å²) in [5.41, 5.74) is 6.75. The highest BCUT2D eigenvalue weighted by Crippen LogP contribution is 2.47. The van der Waals surface area contributed by atoms with Gasteiger partial charge < -0.3 is 10.3 Å². The fourth-order valence-electron chi connectivity index (χ4n) is 3.78. The first-order chi connectivity index (χ1) is 12.1. The largest absolute Gasteiger partial charge is 0.393 e. The van der Waals surface area contributed by atoms with Crippen LogP contribution in [0.2, 0.25) is 0 Å². The normalized spacial score (nSPS) is 15.5. The molecule has 1 saturated carbocycles. The SMILES string of the molecule is Cc1noc(C)c1-c1cc(C2CCCC2)c(N)c([N+](=O)[O-])c1S(N)(=O)=O. The fraction of sp³-hybridized carbons (Fsp3) is 0.438. The van der Waals surface area contributed by atoms with E-state index in [1.807, 2.05) is 0 Å². The van der Waals surface area contributed by atoms with Crippen LogP contribution in [-0.4, -0.2) is 18.5 Å². The number of anilines is 1. The zero-order chi connectivity index (χ0) is 19.2. The molecule has 1 heterocycles. The lowest BCUT2D eigenvalue weighted by atomic mass is 9.91. The lowest BCUT2D eigenvalue weighted by Crippen LogP contribution is -2.18. The average Bonchev–Trinajstić information content (AvgIpc) is 3.16. The van der Waals surface area contributed by atoms with Crippen molar-refractivity contribution in [2.75, 3.05) is 5.73 Å². The third-order valence-corrected chi connectivity index (χ3v) is 5.87. The second-order valence-electron chi connectivity index (χ2n) is 6.59. The van der Waals surface area contributed by atoms with E-state index in [0.717, 1.165) is 25.7 Å². The van der Waals surface area contributed by atoms with Gasteiger partial charge in [0.05, 0.1) is 10.6 Å². The molecule has 1 aromatic heterocycles. The van der Waals surface area contributed by atoms with Crippen LogP contribution in [0.3, 0.4) is 0 Å². The maximum atomic E-state index is 12.2. The predicted molar refractivity (Wildman–Crippen MR) is 95.1 cm³/mol. The Morgan fingerprint density at radius 2 is 1.92 bits per heavy atom. The smallest absolute Gasteiger partial charge is 0.312 e. The van der Waals surface area contributed by atoms with Crippen molar-refractivity contribution < 1.29 is 17.9 Å². The second kappa shape index (κ2) is 6.36. The van der Waals surface area contributed by atoms with Gasteiger partial charge in [-0.25, -0.2) is 13.6 Å². The molecule has 10 heteroatoms. The summed E-state index contributed by atoms with van der Waals surface area (Å²) >= 11 is 0. The summed E-state index contributed by atoms with van der Waals surface area (Å²) in [6.07, 6.45) is 3.68. The van der Waals surface area contributed by atoms with Gasteiger partial charge in [-0.05, 0) is 44.2 Å². The van der Waals surface area contributed by atoms with Crippen LogP contribution in [0.25, 0.3) is 11.1 Å². The number of aromatic nitrogens is 1. The number of nitrogen functional groups attached to an aromatic ring is 1. The fourth-order valence-corrected chi connectivity index (χ4v) is 4.70. The number of benzene rings is 1. The lowest BCUT2D eigenvalue weighted by Gasteiger charge is -2.18. The van der Waals surface area contributed by atoms with E-state index in [1.165, 1.54) is 0 Å². The van der Waals surface area contributed by atoms with Crippen molar-refractivity contribution in [2.24, 2.45) is 5.14 Å². The Balaban J connectivity index is 2.46. The molecule has 1 aliphatic rings. The van der Waals surface area contributed by atoms with Crippen LogP contribution >= 0.6 is 0 Å². The highest BCUT2D eigenvalue weighted by molar-refractivity contribution is 7.89. The molecule has 0 bridgehead atoms. The molecule has 1 fully saturated rings. The molecule has 9 nitrogen and oxygen atoms in total. The Kier molecular flexibility index (Phi) is 4.49. The first kappa shape index (κ1) is 18.3. The standard InChI is InChI=1S/C16H20N4O5S/c1-8-13(9(2)25-19-8)12-7-11(10-5-3-4-6-10)14(17)15(20(21)22)16(12)26(18,23)24/h7,10H,3-6,17H2,1-2H3,(H2,18,23,24). The first-order valence-electron chi connectivity index (χ1n) is 8.19. The van der Waals surface area contributed by atoms with Gasteiger partial charge in [0.15, 0.2) is 4.90 Å². The van der Waals surface area contributed by atoms with E-state index in [0.29, 0.717) is 22.6 Å². The Morgan fingerprint density at radius 3 is 2.38 bits per heavy atom. The monoisotopic (exact) mass is 380 g/mol. The number of nitrogens with zero attached hydrogens (tertiary/aromatic N) is 2. The highest BCUT2D eigenvalue weighted by Gasteiger charge is 2.36. The number of primary sulfonamides is 1. The van der Waals surface area contributed by atoms with Gasteiger partial charge in [0.1, 0.15) is 11.4 Å². The van der Waals surface area contributed by atoms with Crippen molar-refractivity contribution >= 4 is 21.4 Å². The van der Waals surface area contributed by atoms with Crippen LogP contribution < -0.4 is 10.9 Å². The number of hydrogen-bond donors (Lipinski definition) is 2. The summed E-state index contributed by atoms with van der Waals surface area (Å²) in [5.74, 6) is 0.395. The van der Waals surface area contributed by atoms with Gasteiger partial charge >= 0.3 is 5.69 Å². The Morgan fingerprint density at radius 1 is 1.31 bits per heavy atom. The highest BCUT2D eigenvalue weighted by atomic mass is 32.2. The Bertz CT molecular complexity index is 971. The molecule has 0 unspecified atom stereocenters. The molecule has 3 rings (SSSR count). The van der Waals surface area contributed by atoms with Crippen LogP contribution in [-0.2, 0) is 10.0 Å². The number of rotatable bonds is 4. The molecule has 1 aliphatic carbocycles. The number of aryl methyl sites for hydroxylation is 2. The zero-order valence-corrected chi connectivity index (χ0v) is 15.3. The van der Waals surface area contributed by atoms with Crippen molar-refractivity contribution in [3.8, 4) is 11.1 Å². The summed E-state index contributed by atoms with van der Waals surface area (Å²) in [6.45, 7) is 3.25. The maximum Gasteiger partial charge on any atom is 0.312 e.